The molecule has 4 aromatic rings. The Bertz CT molecular complexity index is 2190. The molecule has 0 aliphatic heterocycles. The monoisotopic (exact) mass is 948 g/mol. The average molecular weight is 950 g/mol. The van der Waals surface area contributed by atoms with Gasteiger partial charge in [-0.2, -0.15) is 0 Å². The fourth-order valence-electron chi connectivity index (χ4n) is 6.39. The second-order valence-corrected chi connectivity index (χ2v) is 18.3. The number of amides is 1. The van der Waals surface area contributed by atoms with Crippen LogP contribution in [0.1, 0.15) is 125 Å². The van der Waals surface area contributed by atoms with E-state index in [1.807, 2.05) is 45.3 Å². The van der Waals surface area contributed by atoms with Gasteiger partial charge in [-0.25, -0.2) is 29.9 Å². The fraction of sp³-hybridized carbons (Fsp3) is 0.522. The Hall–Kier alpha value is -5.17. The SMILES string of the molecule is C=CC(=O)Cl.C=CC(=O)N(C)[C@@H](C)C(=O)CCCNc1cc(Nc2ncc(C3CCC3)s2)nc(CC)n1.CCc1nc(NCCCC(=O)[C@H](C)NC)cc(Nc2ncc(C3CCC3)s2)n1. The summed E-state index contributed by atoms with van der Waals surface area (Å²) in [4.78, 5) is 76.7. The number of ketones is 2. The molecular weight excluding hydrogens is 884 g/mol. The number of hydrogen-bond acceptors (Lipinski definition) is 17. The van der Waals surface area contributed by atoms with Gasteiger partial charge in [-0.3, -0.25) is 19.2 Å². The zero-order valence-electron chi connectivity index (χ0n) is 38.5. The van der Waals surface area contributed by atoms with Crippen molar-refractivity contribution in [2.75, 3.05) is 48.5 Å². The maximum Gasteiger partial charge on any atom is 0.246 e. The van der Waals surface area contributed by atoms with Crippen LogP contribution >= 0.6 is 34.3 Å². The van der Waals surface area contributed by atoms with E-state index in [-0.39, 0.29) is 23.5 Å². The van der Waals surface area contributed by atoms with Gasteiger partial charge in [0.25, 0.3) is 0 Å². The number of aromatic nitrogens is 6. The Morgan fingerprint density at radius 3 is 1.55 bits per heavy atom. The van der Waals surface area contributed by atoms with Gasteiger partial charge in [-0.1, -0.05) is 39.8 Å². The number of carbonyl (C=O) groups is 4. The van der Waals surface area contributed by atoms with Crippen LogP contribution in [0, 0.1) is 0 Å². The molecule has 4 heterocycles. The predicted octanol–water partition coefficient (Wildman–Crippen LogP) is 9.11. The number of rotatable bonds is 24. The molecule has 6 rings (SSSR count). The van der Waals surface area contributed by atoms with Gasteiger partial charge >= 0.3 is 0 Å². The van der Waals surface area contributed by atoms with Crippen LogP contribution in [0.25, 0.3) is 0 Å². The van der Waals surface area contributed by atoms with Crippen LogP contribution in [0.5, 0.6) is 0 Å². The maximum absolute atomic E-state index is 12.4. The van der Waals surface area contributed by atoms with E-state index < -0.39 is 11.3 Å². The first kappa shape index (κ1) is 52.5. The summed E-state index contributed by atoms with van der Waals surface area (Å²) < 4.78 is 0. The van der Waals surface area contributed by atoms with Crippen LogP contribution in [0.15, 0.2) is 49.8 Å². The molecule has 2 saturated carbocycles. The molecule has 65 heavy (non-hydrogen) atoms. The van der Waals surface area contributed by atoms with Crippen molar-refractivity contribution in [2.24, 2.45) is 0 Å². The van der Waals surface area contributed by atoms with E-state index in [4.69, 9.17) is 11.6 Å². The molecule has 1 amide bonds. The van der Waals surface area contributed by atoms with Crippen molar-refractivity contribution >= 4 is 90.5 Å². The standard InChI is InChI=1S/C23H32N6O2S.C20H30N6OS.C3H3ClO/c1-5-19-26-20(24-12-8-11-17(30)15(3)29(4)22(31)6-2)13-21(27-19)28-23-25-14-18(32-23)16-9-7-10-16;1-4-17-24-18(22-10-6-9-15(27)13(2)21-3)11-19(25-17)26-20-23-12-16(28-20)14-7-5-8-14;1-2-3(4)5/h6,13-16H,2,5,7-12H2,1,3-4H3,(H2,24,25,26,27,28);11-14,21H,4-10H2,1-3H3,(H2,22,23,24,25,26);2H,1H2/t15-;13-;/m00./s1. The van der Waals surface area contributed by atoms with Crippen molar-refractivity contribution in [2.45, 2.75) is 129 Å². The second-order valence-electron chi connectivity index (χ2n) is 15.8. The molecule has 0 bridgehead atoms. The molecule has 2 aliphatic rings. The third-order valence-corrected chi connectivity index (χ3v) is 13.5. The Morgan fingerprint density at radius 1 is 0.754 bits per heavy atom. The fourth-order valence-corrected chi connectivity index (χ4v) is 8.37. The van der Waals surface area contributed by atoms with Crippen molar-refractivity contribution in [1.29, 1.82) is 0 Å². The molecule has 0 saturated heterocycles. The Balaban J connectivity index is 0.000000259. The minimum absolute atomic E-state index is 0.0230. The molecule has 0 spiro atoms. The van der Waals surface area contributed by atoms with Gasteiger partial charge in [0.15, 0.2) is 16.0 Å². The molecule has 19 heteroatoms. The highest BCUT2D eigenvalue weighted by Gasteiger charge is 2.24. The Morgan fingerprint density at radius 2 is 1.18 bits per heavy atom. The zero-order valence-corrected chi connectivity index (χ0v) is 40.9. The van der Waals surface area contributed by atoms with E-state index in [1.165, 1.54) is 59.3 Å². The van der Waals surface area contributed by atoms with E-state index in [0.717, 1.165) is 64.7 Å². The summed E-state index contributed by atoms with van der Waals surface area (Å²) in [6.45, 7) is 15.5. The number of anilines is 6. The third-order valence-electron chi connectivity index (χ3n) is 11.2. The number of thiazole rings is 2. The smallest absolute Gasteiger partial charge is 0.246 e. The number of carbonyl (C=O) groups excluding carboxylic acids is 4. The van der Waals surface area contributed by atoms with E-state index in [1.54, 1.807) is 43.7 Å². The average Bonchev–Trinajstić information content (AvgIpc) is 3.93. The van der Waals surface area contributed by atoms with Gasteiger partial charge < -0.3 is 31.5 Å². The highest BCUT2D eigenvalue weighted by Crippen LogP contribution is 2.41. The minimum atomic E-state index is -0.509. The number of hydrogen-bond donors (Lipinski definition) is 5. The molecule has 2 aliphatic carbocycles. The molecule has 0 aromatic carbocycles. The molecule has 2 fully saturated rings. The van der Waals surface area contributed by atoms with Crippen LogP contribution in [0.3, 0.4) is 0 Å². The molecule has 352 valence electrons. The summed E-state index contributed by atoms with van der Waals surface area (Å²) in [5.74, 6) is 5.83. The molecule has 0 radical (unpaired) electrons. The van der Waals surface area contributed by atoms with Gasteiger partial charge in [-0.15, -0.1) is 22.7 Å². The second kappa shape index (κ2) is 27.3. The van der Waals surface area contributed by atoms with E-state index in [2.05, 4.69) is 69.6 Å². The van der Waals surface area contributed by atoms with Crippen LogP contribution < -0.4 is 26.6 Å². The predicted molar refractivity (Wildman–Crippen MR) is 264 cm³/mol. The molecule has 16 nitrogen and oxygen atoms in total. The van der Waals surface area contributed by atoms with Crippen LogP contribution in [-0.2, 0) is 32.0 Å². The highest BCUT2D eigenvalue weighted by molar-refractivity contribution is 7.16. The summed E-state index contributed by atoms with van der Waals surface area (Å²) in [6, 6.07) is 3.21. The van der Waals surface area contributed by atoms with Gasteiger partial charge in [-0.05, 0) is 95.0 Å². The maximum atomic E-state index is 12.4. The van der Waals surface area contributed by atoms with Crippen LogP contribution in [-0.4, -0.2) is 96.8 Å². The van der Waals surface area contributed by atoms with Crippen molar-refractivity contribution in [3.05, 3.63) is 71.2 Å². The first-order valence-corrected chi connectivity index (χ1v) is 24.4. The van der Waals surface area contributed by atoms with Crippen molar-refractivity contribution in [3.63, 3.8) is 0 Å². The molecule has 4 aromatic heterocycles. The molecule has 0 unspecified atom stereocenters. The number of aryl methyl sites for hydroxylation is 2. The van der Waals surface area contributed by atoms with Gasteiger partial charge in [0.2, 0.25) is 11.1 Å². The lowest BCUT2D eigenvalue weighted by Crippen LogP contribution is -2.39. The van der Waals surface area contributed by atoms with Crippen molar-refractivity contribution < 1.29 is 19.2 Å². The lowest BCUT2D eigenvalue weighted by Gasteiger charge is -2.23. The molecule has 5 N–H and O–H groups in total. The van der Waals surface area contributed by atoms with Gasteiger partial charge in [0, 0.05) is 80.1 Å². The number of likely N-dealkylation sites (N-methyl/N-ethyl adjacent to an activating group) is 2. The largest absolute Gasteiger partial charge is 0.370 e. The summed E-state index contributed by atoms with van der Waals surface area (Å²) in [7, 11) is 3.42. The number of nitrogens with zero attached hydrogens (tertiary/aromatic N) is 7. The number of nitrogens with one attached hydrogen (secondary N) is 5. The lowest BCUT2D eigenvalue weighted by atomic mass is 9.85. The van der Waals surface area contributed by atoms with Crippen molar-refractivity contribution in [3.8, 4) is 0 Å². The van der Waals surface area contributed by atoms with E-state index >= 15 is 0 Å². The quantitative estimate of drug-likeness (QED) is 0.0252. The Kier molecular flexibility index (Phi) is 22.1. The number of allylic oxidation sites excluding steroid dienone is 1. The van der Waals surface area contributed by atoms with E-state index in [0.29, 0.717) is 50.0 Å². The number of halogens is 1. The summed E-state index contributed by atoms with van der Waals surface area (Å²) in [5, 5.41) is 17.4. The zero-order chi connectivity index (χ0) is 47.3. The number of Topliss-reactive ketones (excluding diaryl/α,β-unsaturated/α-hetero) is 2. The first-order chi connectivity index (χ1) is 31.3. The van der Waals surface area contributed by atoms with Crippen LogP contribution in [0.2, 0.25) is 0 Å². The van der Waals surface area contributed by atoms with Gasteiger partial charge in [0.05, 0.1) is 12.1 Å². The summed E-state index contributed by atoms with van der Waals surface area (Å²) in [5.41, 5.74) is 0. The summed E-state index contributed by atoms with van der Waals surface area (Å²) in [6.07, 6.45) is 17.7. The normalized spacial score (nSPS) is 14.1. The van der Waals surface area contributed by atoms with E-state index in [9.17, 15) is 19.2 Å². The van der Waals surface area contributed by atoms with Crippen LogP contribution in [0.4, 0.5) is 33.5 Å². The lowest BCUT2D eigenvalue weighted by molar-refractivity contribution is -0.133. The highest BCUT2D eigenvalue weighted by atomic mass is 35.5. The topological polar surface area (TPSA) is 209 Å². The van der Waals surface area contributed by atoms with Gasteiger partial charge in [0.1, 0.15) is 40.7 Å². The molecule has 2 atom stereocenters. The molecular formula is C46H65ClN12O4S2. The third kappa shape index (κ3) is 17.3. The minimum Gasteiger partial charge on any atom is -0.370 e. The van der Waals surface area contributed by atoms with Crippen molar-refractivity contribution in [1.82, 2.24) is 40.1 Å². The summed E-state index contributed by atoms with van der Waals surface area (Å²) >= 11 is 8.11. The Labute approximate surface area is 396 Å². The first-order valence-electron chi connectivity index (χ1n) is 22.4.